The van der Waals surface area contributed by atoms with Gasteiger partial charge in [-0.1, -0.05) is 0 Å². The number of nitrogens with one attached hydrogen (secondary N) is 2. The SMILES string of the molecule is CC(C)(C)n1cc(C#N)cc1NC(=O)NC1(C2CCCO2)CCOCC1. The van der Waals surface area contributed by atoms with E-state index in [4.69, 9.17) is 9.47 Å². The van der Waals surface area contributed by atoms with E-state index >= 15 is 0 Å². The van der Waals surface area contributed by atoms with Gasteiger partial charge in [-0.05, 0) is 52.5 Å². The van der Waals surface area contributed by atoms with Gasteiger partial charge in [0.2, 0.25) is 0 Å². The van der Waals surface area contributed by atoms with Crippen LogP contribution >= 0.6 is 0 Å². The molecule has 2 amide bonds. The lowest BCUT2D eigenvalue weighted by molar-refractivity contribution is -0.0340. The molecule has 1 atom stereocenters. The molecule has 2 aliphatic rings. The molecule has 3 heterocycles. The van der Waals surface area contributed by atoms with Gasteiger partial charge in [-0.25, -0.2) is 4.79 Å². The molecule has 26 heavy (non-hydrogen) atoms. The number of amides is 2. The van der Waals surface area contributed by atoms with E-state index in [1.807, 2.05) is 25.3 Å². The highest BCUT2D eigenvalue weighted by Crippen LogP contribution is 2.33. The summed E-state index contributed by atoms with van der Waals surface area (Å²) in [4.78, 5) is 12.8. The molecule has 3 rings (SSSR count). The molecule has 0 saturated carbocycles. The van der Waals surface area contributed by atoms with Crippen molar-refractivity contribution in [2.24, 2.45) is 0 Å². The second kappa shape index (κ2) is 7.29. The Morgan fingerprint density at radius 3 is 2.65 bits per heavy atom. The van der Waals surface area contributed by atoms with Gasteiger partial charge in [0, 0.05) is 31.6 Å². The van der Waals surface area contributed by atoms with E-state index < -0.39 is 5.54 Å². The number of urea groups is 1. The van der Waals surface area contributed by atoms with E-state index in [2.05, 4.69) is 16.7 Å². The van der Waals surface area contributed by atoms with Gasteiger partial charge in [-0.2, -0.15) is 5.26 Å². The highest BCUT2D eigenvalue weighted by Gasteiger charge is 2.44. The van der Waals surface area contributed by atoms with Crippen LogP contribution in [0.25, 0.3) is 0 Å². The second-order valence-corrected chi connectivity index (χ2v) is 8.12. The van der Waals surface area contributed by atoms with Gasteiger partial charge in [-0.15, -0.1) is 0 Å². The first-order chi connectivity index (χ1) is 12.3. The lowest BCUT2D eigenvalue weighted by atomic mass is 9.83. The Morgan fingerprint density at radius 1 is 1.35 bits per heavy atom. The molecule has 1 aromatic heterocycles. The quantitative estimate of drug-likeness (QED) is 0.867. The van der Waals surface area contributed by atoms with Crippen LogP contribution in [0.15, 0.2) is 12.3 Å². The molecule has 1 aromatic rings. The summed E-state index contributed by atoms with van der Waals surface area (Å²) >= 11 is 0. The van der Waals surface area contributed by atoms with Gasteiger partial charge in [0.05, 0.1) is 17.2 Å². The van der Waals surface area contributed by atoms with Crippen LogP contribution in [0.3, 0.4) is 0 Å². The van der Waals surface area contributed by atoms with Crippen LogP contribution in [-0.4, -0.2) is 42.1 Å². The number of carbonyl (C=O) groups is 1. The number of aromatic nitrogens is 1. The predicted molar refractivity (Wildman–Crippen MR) is 98.1 cm³/mol. The van der Waals surface area contributed by atoms with E-state index in [-0.39, 0.29) is 17.7 Å². The Hall–Kier alpha value is -2.04. The van der Waals surface area contributed by atoms with Crippen molar-refractivity contribution in [2.75, 3.05) is 25.1 Å². The molecule has 2 aliphatic heterocycles. The van der Waals surface area contributed by atoms with E-state index in [1.54, 1.807) is 12.3 Å². The average molecular weight is 360 g/mol. The Morgan fingerprint density at radius 2 is 2.08 bits per heavy atom. The Kier molecular flexibility index (Phi) is 5.26. The summed E-state index contributed by atoms with van der Waals surface area (Å²) in [5, 5.41) is 15.3. The largest absolute Gasteiger partial charge is 0.381 e. The number of rotatable bonds is 3. The maximum Gasteiger partial charge on any atom is 0.320 e. The highest BCUT2D eigenvalue weighted by atomic mass is 16.5. The number of ether oxygens (including phenoxy) is 2. The van der Waals surface area contributed by atoms with Crippen molar-refractivity contribution in [1.82, 2.24) is 9.88 Å². The van der Waals surface area contributed by atoms with Gasteiger partial charge >= 0.3 is 6.03 Å². The van der Waals surface area contributed by atoms with Crippen LogP contribution in [0, 0.1) is 11.3 Å². The van der Waals surface area contributed by atoms with E-state index in [0.29, 0.717) is 24.6 Å². The maximum absolute atomic E-state index is 12.8. The number of hydrogen-bond acceptors (Lipinski definition) is 4. The summed E-state index contributed by atoms with van der Waals surface area (Å²) in [6, 6.07) is 3.57. The first-order valence-corrected chi connectivity index (χ1v) is 9.25. The summed E-state index contributed by atoms with van der Waals surface area (Å²) < 4.78 is 13.3. The standard InChI is InChI=1S/C19H28N4O3/c1-18(2,3)23-13-14(12-20)11-16(23)21-17(24)22-19(6-9-25-10-7-19)15-5-4-8-26-15/h11,13,15H,4-10H2,1-3H3,(H2,21,22,24). The monoisotopic (exact) mass is 360 g/mol. The number of nitriles is 1. The molecule has 0 bridgehead atoms. The summed E-state index contributed by atoms with van der Waals surface area (Å²) in [7, 11) is 0. The molecule has 2 N–H and O–H groups in total. The summed E-state index contributed by atoms with van der Waals surface area (Å²) in [5.74, 6) is 0.612. The van der Waals surface area contributed by atoms with Crippen LogP contribution < -0.4 is 10.6 Å². The third-order valence-electron chi connectivity index (χ3n) is 5.21. The molecular weight excluding hydrogens is 332 g/mol. The van der Waals surface area contributed by atoms with E-state index in [0.717, 1.165) is 32.3 Å². The van der Waals surface area contributed by atoms with Gasteiger partial charge in [0.25, 0.3) is 0 Å². The lowest BCUT2D eigenvalue weighted by Gasteiger charge is -2.42. The first kappa shape index (κ1) is 18.7. The van der Waals surface area contributed by atoms with Crippen LogP contribution in [0.4, 0.5) is 10.6 Å². The predicted octanol–water partition coefficient (Wildman–Crippen LogP) is 2.96. The molecule has 2 saturated heterocycles. The number of anilines is 1. The van der Waals surface area contributed by atoms with Crippen molar-refractivity contribution in [3.8, 4) is 6.07 Å². The summed E-state index contributed by atoms with van der Waals surface area (Å²) in [6.07, 6.45) is 5.26. The number of hydrogen-bond donors (Lipinski definition) is 2. The zero-order valence-electron chi connectivity index (χ0n) is 15.8. The Bertz CT molecular complexity index is 687. The number of carbonyl (C=O) groups excluding carboxylic acids is 1. The second-order valence-electron chi connectivity index (χ2n) is 8.12. The zero-order chi connectivity index (χ0) is 18.8. The maximum atomic E-state index is 12.8. The van der Waals surface area contributed by atoms with Gasteiger partial charge in [-0.3, -0.25) is 5.32 Å². The number of nitrogens with zero attached hydrogens (tertiary/aromatic N) is 2. The molecule has 142 valence electrons. The fourth-order valence-corrected chi connectivity index (χ4v) is 3.83. The van der Waals surface area contributed by atoms with Crippen molar-refractivity contribution in [1.29, 1.82) is 5.26 Å². The minimum Gasteiger partial charge on any atom is -0.381 e. The Labute approximate surface area is 154 Å². The minimum atomic E-state index is -0.393. The van der Waals surface area contributed by atoms with Crippen molar-refractivity contribution in [3.63, 3.8) is 0 Å². The minimum absolute atomic E-state index is 0.0289. The summed E-state index contributed by atoms with van der Waals surface area (Å²) in [6.45, 7) is 8.08. The van der Waals surface area contributed by atoms with Crippen molar-refractivity contribution < 1.29 is 14.3 Å². The molecule has 7 nitrogen and oxygen atoms in total. The lowest BCUT2D eigenvalue weighted by Crippen LogP contribution is -2.60. The molecular formula is C19H28N4O3. The van der Waals surface area contributed by atoms with Crippen LogP contribution in [0.2, 0.25) is 0 Å². The topological polar surface area (TPSA) is 88.3 Å². The summed E-state index contributed by atoms with van der Waals surface area (Å²) in [5.41, 5.74) is -0.117. The molecule has 0 radical (unpaired) electrons. The first-order valence-electron chi connectivity index (χ1n) is 9.25. The van der Waals surface area contributed by atoms with E-state index in [9.17, 15) is 10.1 Å². The van der Waals surface area contributed by atoms with Gasteiger partial charge < -0.3 is 19.4 Å². The molecule has 0 spiro atoms. The Balaban J connectivity index is 1.77. The van der Waals surface area contributed by atoms with Crippen molar-refractivity contribution >= 4 is 11.8 Å². The molecule has 1 unspecified atom stereocenters. The van der Waals surface area contributed by atoms with Gasteiger partial charge in [0.15, 0.2) is 0 Å². The molecule has 0 aliphatic carbocycles. The normalized spacial score (nSPS) is 22.6. The van der Waals surface area contributed by atoms with Crippen molar-refractivity contribution in [2.45, 2.75) is 63.6 Å². The fraction of sp³-hybridized carbons (Fsp3) is 0.684. The average Bonchev–Trinajstić information content (AvgIpc) is 3.25. The van der Waals surface area contributed by atoms with E-state index in [1.165, 1.54) is 0 Å². The van der Waals surface area contributed by atoms with Crippen molar-refractivity contribution in [3.05, 3.63) is 17.8 Å². The smallest absolute Gasteiger partial charge is 0.320 e. The zero-order valence-corrected chi connectivity index (χ0v) is 15.8. The fourth-order valence-electron chi connectivity index (χ4n) is 3.83. The molecule has 2 fully saturated rings. The molecule has 7 heteroatoms. The third-order valence-corrected chi connectivity index (χ3v) is 5.21. The van der Waals surface area contributed by atoms with Gasteiger partial charge in [0.1, 0.15) is 11.9 Å². The third kappa shape index (κ3) is 3.87. The van der Waals surface area contributed by atoms with Crippen LogP contribution in [0.5, 0.6) is 0 Å². The van der Waals surface area contributed by atoms with Crippen LogP contribution in [-0.2, 0) is 15.0 Å². The van der Waals surface area contributed by atoms with Crippen LogP contribution in [0.1, 0.15) is 52.0 Å². The highest BCUT2D eigenvalue weighted by molar-refractivity contribution is 5.89. The molecule has 0 aromatic carbocycles.